The van der Waals surface area contributed by atoms with Crippen LogP contribution in [0.2, 0.25) is 0 Å². The lowest BCUT2D eigenvalue weighted by Crippen LogP contribution is -2.36. The van der Waals surface area contributed by atoms with E-state index in [0.29, 0.717) is 24.2 Å². The van der Waals surface area contributed by atoms with Crippen molar-refractivity contribution in [2.24, 2.45) is 23.7 Å². The van der Waals surface area contributed by atoms with Gasteiger partial charge < -0.3 is 9.80 Å². The molecule has 1 aromatic rings. The maximum atomic E-state index is 2.65. The fourth-order valence-corrected chi connectivity index (χ4v) is 5.27. The Bertz CT molecular complexity index is 508. The Kier molecular flexibility index (Phi) is 4.61. The number of benzene rings is 1. The Hall–Kier alpha value is -1.18. The topological polar surface area (TPSA) is 6.48 Å². The zero-order valence-corrected chi connectivity index (χ0v) is 16.8. The van der Waals surface area contributed by atoms with Gasteiger partial charge in [-0.25, -0.2) is 0 Å². The highest BCUT2D eigenvalue weighted by molar-refractivity contribution is 5.62. The highest BCUT2D eigenvalue weighted by Crippen LogP contribution is 2.42. The van der Waals surface area contributed by atoms with Crippen LogP contribution in [-0.2, 0) is 0 Å². The summed E-state index contributed by atoms with van der Waals surface area (Å²) in [5.41, 5.74) is 2.80. The molecule has 3 rings (SSSR count). The molecule has 24 heavy (non-hydrogen) atoms. The minimum absolute atomic E-state index is 0.608. The first-order valence-corrected chi connectivity index (χ1v) is 9.92. The zero-order valence-electron chi connectivity index (χ0n) is 16.8. The van der Waals surface area contributed by atoms with Crippen LogP contribution in [0.4, 0.5) is 11.4 Å². The van der Waals surface area contributed by atoms with Crippen molar-refractivity contribution in [2.45, 2.75) is 79.6 Å². The van der Waals surface area contributed by atoms with E-state index in [1.54, 1.807) is 0 Å². The van der Waals surface area contributed by atoms with Gasteiger partial charge in [-0.2, -0.15) is 0 Å². The fourth-order valence-electron chi connectivity index (χ4n) is 5.27. The van der Waals surface area contributed by atoms with Crippen molar-refractivity contribution in [1.29, 1.82) is 0 Å². The number of rotatable bonds is 2. The SMILES string of the molecule is C[C@@H]1[C@H](C)[C@H](C)N(c2cccc(N3[C@H](C)[C@H](C)[C@H](C)[C@@H]3C)c2)[C@@H]1C. The minimum atomic E-state index is 0.608. The van der Waals surface area contributed by atoms with E-state index in [-0.39, 0.29) is 0 Å². The van der Waals surface area contributed by atoms with E-state index in [1.165, 1.54) is 11.4 Å². The van der Waals surface area contributed by atoms with Crippen LogP contribution in [0.25, 0.3) is 0 Å². The van der Waals surface area contributed by atoms with Crippen LogP contribution in [0, 0.1) is 23.7 Å². The lowest BCUT2D eigenvalue weighted by atomic mass is 9.92. The van der Waals surface area contributed by atoms with Crippen molar-refractivity contribution in [2.75, 3.05) is 9.80 Å². The van der Waals surface area contributed by atoms with Crippen LogP contribution < -0.4 is 9.80 Å². The van der Waals surface area contributed by atoms with Gasteiger partial charge in [0.2, 0.25) is 0 Å². The van der Waals surface area contributed by atoms with E-state index >= 15 is 0 Å². The highest BCUT2D eigenvalue weighted by Gasteiger charge is 2.41. The number of nitrogens with zero attached hydrogens (tertiary/aromatic N) is 2. The first kappa shape index (κ1) is 17.6. The predicted molar refractivity (Wildman–Crippen MR) is 106 cm³/mol. The fraction of sp³-hybridized carbons (Fsp3) is 0.727. The second-order valence-corrected chi connectivity index (χ2v) is 8.73. The molecule has 2 saturated heterocycles. The summed E-state index contributed by atoms with van der Waals surface area (Å²) in [7, 11) is 0. The molecule has 2 aliphatic heterocycles. The minimum Gasteiger partial charge on any atom is -0.365 e. The van der Waals surface area contributed by atoms with E-state index < -0.39 is 0 Å². The highest BCUT2D eigenvalue weighted by atomic mass is 15.2. The number of hydrogen-bond acceptors (Lipinski definition) is 2. The van der Waals surface area contributed by atoms with Crippen molar-refractivity contribution < 1.29 is 0 Å². The summed E-state index contributed by atoms with van der Waals surface area (Å²) in [6.07, 6.45) is 0. The maximum absolute atomic E-state index is 2.65. The summed E-state index contributed by atoms with van der Waals surface area (Å²) in [4.78, 5) is 5.30. The van der Waals surface area contributed by atoms with E-state index in [4.69, 9.17) is 0 Å². The van der Waals surface area contributed by atoms with Crippen LogP contribution in [0.1, 0.15) is 55.4 Å². The van der Waals surface area contributed by atoms with Gasteiger partial charge in [-0.05, 0) is 69.6 Å². The normalized spacial score (nSPS) is 42.8. The third-order valence-corrected chi connectivity index (χ3v) is 7.88. The molecular formula is C22H36N2. The third-order valence-electron chi connectivity index (χ3n) is 7.88. The molecule has 0 N–H and O–H groups in total. The molecule has 0 saturated carbocycles. The molecular weight excluding hydrogens is 292 g/mol. The van der Waals surface area contributed by atoms with Gasteiger partial charge in [-0.3, -0.25) is 0 Å². The third kappa shape index (κ3) is 2.53. The standard InChI is InChI=1S/C22H36N2/c1-13-14(2)18(6)23(17(13)5)21-10-9-11-22(12-21)24-19(7)15(3)16(4)20(24)8/h9-20H,1-8H3/t13-,14+,15-,16+,17-,18+,19-,20+. The lowest BCUT2D eigenvalue weighted by molar-refractivity contribution is 0.413. The van der Waals surface area contributed by atoms with Crippen LogP contribution in [0.15, 0.2) is 24.3 Å². The van der Waals surface area contributed by atoms with Gasteiger partial charge in [-0.15, -0.1) is 0 Å². The summed E-state index contributed by atoms with van der Waals surface area (Å²) in [6.45, 7) is 19.2. The Morgan fingerprint density at radius 3 is 1.12 bits per heavy atom. The Morgan fingerprint density at radius 2 is 0.833 bits per heavy atom. The van der Waals surface area contributed by atoms with Crippen LogP contribution in [0.5, 0.6) is 0 Å². The first-order chi connectivity index (χ1) is 11.3. The Balaban J connectivity index is 1.93. The van der Waals surface area contributed by atoms with E-state index in [0.717, 1.165) is 23.7 Å². The first-order valence-electron chi connectivity index (χ1n) is 9.92. The van der Waals surface area contributed by atoms with Crippen molar-refractivity contribution in [3.05, 3.63) is 24.3 Å². The molecule has 134 valence electrons. The summed E-state index contributed by atoms with van der Waals surface area (Å²) >= 11 is 0. The quantitative estimate of drug-likeness (QED) is 0.714. The van der Waals surface area contributed by atoms with E-state index in [2.05, 4.69) is 89.5 Å². The van der Waals surface area contributed by atoms with Gasteiger partial charge in [0.1, 0.15) is 0 Å². The molecule has 2 aliphatic rings. The van der Waals surface area contributed by atoms with Crippen molar-refractivity contribution in [3.63, 3.8) is 0 Å². The summed E-state index contributed by atoms with van der Waals surface area (Å²) < 4.78 is 0. The van der Waals surface area contributed by atoms with Crippen LogP contribution >= 0.6 is 0 Å². The smallest absolute Gasteiger partial charge is 0.0392 e. The molecule has 2 fully saturated rings. The molecule has 2 heteroatoms. The summed E-state index contributed by atoms with van der Waals surface area (Å²) in [5, 5.41) is 0. The molecule has 0 amide bonds. The molecule has 8 atom stereocenters. The largest absolute Gasteiger partial charge is 0.365 e. The molecule has 0 unspecified atom stereocenters. The van der Waals surface area contributed by atoms with E-state index in [9.17, 15) is 0 Å². The number of hydrogen-bond donors (Lipinski definition) is 0. The Morgan fingerprint density at radius 1 is 0.542 bits per heavy atom. The molecule has 2 nitrogen and oxygen atoms in total. The lowest BCUT2D eigenvalue weighted by Gasteiger charge is -2.34. The molecule has 0 aliphatic carbocycles. The molecule has 0 bridgehead atoms. The monoisotopic (exact) mass is 328 g/mol. The molecule has 1 aromatic carbocycles. The average molecular weight is 329 g/mol. The van der Waals surface area contributed by atoms with Gasteiger partial charge in [0.05, 0.1) is 0 Å². The van der Waals surface area contributed by atoms with Crippen molar-refractivity contribution >= 4 is 11.4 Å². The molecule has 0 aromatic heterocycles. The number of anilines is 2. The average Bonchev–Trinajstić information content (AvgIpc) is 2.88. The molecule has 0 radical (unpaired) electrons. The van der Waals surface area contributed by atoms with Gasteiger partial charge in [0.15, 0.2) is 0 Å². The zero-order chi connectivity index (χ0) is 17.8. The second kappa shape index (κ2) is 6.28. The predicted octanol–water partition coefficient (Wildman–Crippen LogP) is 5.43. The van der Waals surface area contributed by atoms with Gasteiger partial charge >= 0.3 is 0 Å². The van der Waals surface area contributed by atoms with E-state index in [1.807, 2.05) is 0 Å². The summed E-state index contributed by atoms with van der Waals surface area (Å²) in [6, 6.07) is 11.7. The van der Waals surface area contributed by atoms with Crippen LogP contribution in [0.3, 0.4) is 0 Å². The second-order valence-electron chi connectivity index (χ2n) is 8.73. The van der Waals surface area contributed by atoms with Gasteiger partial charge in [0.25, 0.3) is 0 Å². The maximum Gasteiger partial charge on any atom is 0.0392 e. The van der Waals surface area contributed by atoms with Gasteiger partial charge in [0, 0.05) is 35.5 Å². The molecule has 0 spiro atoms. The van der Waals surface area contributed by atoms with Crippen LogP contribution in [-0.4, -0.2) is 24.2 Å². The van der Waals surface area contributed by atoms with Crippen molar-refractivity contribution in [1.82, 2.24) is 0 Å². The molecule has 2 heterocycles. The Labute approximate surface area is 149 Å². The van der Waals surface area contributed by atoms with Crippen molar-refractivity contribution in [3.8, 4) is 0 Å². The summed E-state index contributed by atoms with van der Waals surface area (Å²) in [5.74, 6) is 2.98. The van der Waals surface area contributed by atoms with Gasteiger partial charge in [-0.1, -0.05) is 33.8 Å².